The number of rotatable bonds is 6. The third-order valence-electron chi connectivity index (χ3n) is 10.9. The number of para-hydroxylation sites is 1. The first-order valence-electron chi connectivity index (χ1n) is 18.7. The smallest absolute Gasteiger partial charge is 0.143 e. The molecular weight excluding hydrogens is 671 g/mol. The van der Waals surface area contributed by atoms with Crippen LogP contribution in [0.15, 0.2) is 209 Å². The zero-order valence-corrected chi connectivity index (χ0v) is 29.8. The molecule has 0 radical (unpaired) electrons. The highest BCUT2D eigenvalue weighted by Gasteiger charge is 2.23. The monoisotopic (exact) mass is 703 g/mol. The van der Waals surface area contributed by atoms with Gasteiger partial charge in [-0.25, -0.2) is 0 Å². The predicted molar refractivity (Wildman–Crippen MR) is 229 cm³/mol. The lowest BCUT2D eigenvalue weighted by atomic mass is 9.97. The number of nitrogens with zero attached hydrogens (tertiary/aromatic N) is 1. The number of hydrogen-bond donors (Lipinski definition) is 0. The van der Waals surface area contributed by atoms with E-state index in [2.05, 4.69) is 193 Å². The number of fused-ring (bicyclic) bond motifs is 8. The van der Waals surface area contributed by atoms with Crippen LogP contribution >= 0.6 is 0 Å². The van der Waals surface area contributed by atoms with Crippen molar-refractivity contribution in [2.75, 3.05) is 4.90 Å². The van der Waals surface area contributed by atoms with E-state index in [9.17, 15) is 0 Å². The molecule has 0 aliphatic rings. The van der Waals surface area contributed by atoms with Gasteiger partial charge in [0.25, 0.3) is 0 Å². The van der Waals surface area contributed by atoms with Crippen LogP contribution in [0, 0.1) is 0 Å². The van der Waals surface area contributed by atoms with Gasteiger partial charge >= 0.3 is 0 Å². The zero-order chi connectivity index (χ0) is 36.3. The summed E-state index contributed by atoms with van der Waals surface area (Å²) in [5, 5.41) is 6.48. The van der Waals surface area contributed by atoms with Gasteiger partial charge in [-0.3, -0.25) is 0 Å². The van der Waals surface area contributed by atoms with E-state index in [1.807, 2.05) is 12.1 Å². The third-order valence-corrected chi connectivity index (χ3v) is 10.9. The molecule has 0 saturated heterocycles. The van der Waals surface area contributed by atoms with Crippen LogP contribution in [0.3, 0.4) is 0 Å². The molecule has 0 aliphatic carbocycles. The topological polar surface area (TPSA) is 29.5 Å². The fourth-order valence-corrected chi connectivity index (χ4v) is 8.24. The van der Waals surface area contributed by atoms with E-state index in [-0.39, 0.29) is 0 Å². The summed E-state index contributed by atoms with van der Waals surface area (Å²) in [5.41, 5.74) is 13.7. The van der Waals surface area contributed by atoms with Crippen molar-refractivity contribution in [1.29, 1.82) is 0 Å². The van der Waals surface area contributed by atoms with Crippen LogP contribution < -0.4 is 4.90 Å². The Hall–Kier alpha value is -7.36. The van der Waals surface area contributed by atoms with Crippen molar-refractivity contribution in [3.63, 3.8) is 0 Å². The molecule has 0 saturated carbocycles. The van der Waals surface area contributed by atoms with E-state index in [0.717, 1.165) is 82.8 Å². The summed E-state index contributed by atoms with van der Waals surface area (Å²) in [6, 6.07) is 70.9. The Morgan fingerprint density at radius 1 is 0.291 bits per heavy atom. The van der Waals surface area contributed by atoms with Crippen LogP contribution in [-0.4, -0.2) is 0 Å². The number of furan rings is 2. The summed E-state index contributed by atoms with van der Waals surface area (Å²) in [7, 11) is 0. The van der Waals surface area contributed by atoms with Gasteiger partial charge in [0, 0.05) is 32.6 Å². The number of anilines is 3. The van der Waals surface area contributed by atoms with E-state index in [0.29, 0.717) is 0 Å². The lowest BCUT2D eigenvalue weighted by Crippen LogP contribution is -2.11. The quantitative estimate of drug-likeness (QED) is 0.173. The van der Waals surface area contributed by atoms with Gasteiger partial charge < -0.3 is 13.7 Å². The minimum Gasteiger partial charge on any atom is -0.456 e. The molecule has 0 bridgehead atoms. The van der Waals surface area contributed by atoms with Gasteiger partial charge in [0.2, 0.25) is 0 Å². The molecule has 2 aromatic heterocycles. The van der Waals surface area contributed by atoms with E-state index < -0.39 is 0 Å². The zero-order valence-electron chi connectivity index (χ0n) is 29.8. The molecule has 11 aromatic rings. The Labute approximate surface area is 317 Å². The van der Waals surface area contributed by atoms with Crippen LogP contribution in [0.25, 0.3) is 88.0 Å². The van der Waals surface area contributed by atoms with Crippen molar-refractivity contribution in [3.05, 3.63) is 200 Å². The van der Waals surface area contributed by atoms with Crippen molar-refractivity contribution in [1.82, 2.24) is 0 Å². The molecule has 0 N–H and O–H groups in total. The second-order valence-electron chi connectivity index (χ2n) is 14.1. The van der Waals surface area contributed by atoms with Crippen molar-refractivity contribution in [3.8, 4) is 33.4 Å². The number of benzene rings is 9. The largest absolute Gasteiger partial charge is 0.456 e. The first kappa shape index (κ1) is 31.2. The second kappa shape index (κ2) is 12.6. The molecule has 9 aromatic carbocycles. The van der Waals surface area contributed by atoms with E-state index in [4.69, 9.17) is 8.83 Å². The van der Waals surface area contributed by atoms with Gasteiger partial charge in [0.05, 0.1) is 16.8 Å². The molecule has 3 nitrogen and oxygen atoms in total. The van der Waals surface area contributed by atoms with E-state index in [1.54, 1.807) is 0 Å². The van der Waals surface area contributed by atoms with Gasteiger partial charge in [-0.1, -0.05) is 146 Å². The van der Waals surface area contributed by atoms with Gasteiger partial charge in [-0.15, -0.1) is 0 Å². The third kappa shape index (κ3) is 5.20. The summed E-state index contributed by atoms with van der Waals surface area (Å²) in [4.78, 5) is 2.39. The molecule has 2 heterocycles. The summed E-state index contributed by atoms with van der Waals surface area (Å²) in [5.74, 6) is 0. The maximum Gasteiger partial charge on any atom is 0.143 e. The van der Waals surface area contributed by atoms with Crippen molar-refractivity contribution in [2.24, 2.45) is 0 Å². The fraction of sp³-hybridized carbons (Fsp3) is 0. The highest BCUT2D eigenvalue weighted by Crippen LogP contribution is 2.48. The van der Waals surface area contributed by atoms with Gasteiger partial charge in [-0.05, 0) is 88.0 Å². The summed E-state index contributed by atoms with van der Waals surface area (Å²) < 4.78 is 13.3. The molecule has 55 heavy (non-hydrogen) atoms. The Bertz CT molecular complexity index is 3190. The molecule has 11 rings (SSSR count). The maximum absolute atomic E-state index is 6.84. The van der Waals surface area contributed by atoms with Gasteiger partial charge in [0.1, 0.15) is 22.3 Å². The first-order chi connectivity index (χ1) is 27.3. The molecular formula is C52H33NO2. The van der Waals surface area contributed by atoms with Crippen molar-refractivity contribution < 1.29 is 8.83 Å². The molecule has 0 aliphatic heterocycles. The summed E-state index contributed by atoms with van der Waals surface area (Å²) >= 11 is 0. The molecule has 0 spiro atoms. The molecule has 258 valence electrons. The molecule has 0 atom stereocenters. The second-order valence-corrected chi connectivity index (χ2v) is 14.1. The lowest BCUT2D eigenvalue weighted by Gasteiger charge is -2.28. The fourth-order valence-electron chi connectivity index (χ4n) is 8.24. The van der Waals surface area contributed by atoms with Gasteiger partial charge in [-0.2, -0.15) is 0 Å². The molecule has 0 fully saturated rings. The minimum atomic E-state index is 0.854. The Balaban J connectivity index is 1.14. The highest BCUT2D eigenvalue weighted by molar-refractivity contribution is 6.21. The van der Waals surface area contributed by atoms with Crippen molar-refractivity contribution >= 4 is 71.7 Å². The van der Waals surface area contributed by atoms with Crippen LogP contribution in [0.1, 0.15) is 0 Å². The predicted octanol–water partition coefficient (Wildman–Crippen LogP) is 15.1. The first-order valence-corrected chi connectivity index (χ1v) is 18.7. The van der Waals surface area contributed by atoms with Crippen LogP contribution in [0.2, 0.25) is 0 Å². The van der Waals surface area contributed by atoms with Crippen LogP contribution in [0.4, 0.5) is 17.1 Å². The number of hydrogen-bond acceptors (Lipinski definition) is 3. The lowest BCUT2D eigenvalue weighted by molar-refractivity contribution is 0.669. The SMILES string of the molecule is c1ccc(-c2ccc(N(c3cc4c5ccc(-c6cccc(-c7ccccc7)c6)cc5oc4c4ccccc34)c3cccc4oc5ccccc5c34)cc2)cc1. The molecule has 0 unspecified atom stereocenters. The average molecular weight is 704 g/mol. The van der Waals surface area contributed by atoms with E-state index in [1.165, 1.54) is 22.3 Å². The highest BCUT2D eigenvalue weighted by atomic mass is 16.3. The van der Waals surface area contributed by atoms with E-state index >= 15 is 0 Å². The maximum atomic E-state index is 6.84. The Morgan fingerprint density at radius 3 is 1.64 bits per heavy atom. The average Bonchev–Trinajstić information content (AvgIpc) is 3.83. The van der Waals surface area contributed by atoms with Crippen LogP contribution in [0.5, 0.6) is 0 Å². The van der Waals surface area contributed by atoms with Crippen molar-refractivity contribution in [2.45, 2.75) is 0 Å². The van der Waals surface area contributed by atoms with Gasteiger partial charge in [0.15, 0.2) is 0 Å². The molecule has 0 amide bonds. The standard InChI is InChI=1S/C52H33NO2/c1-3-13-34(14-4-1)36-25-28-40(29-26-36)53(46-22-12-24-49-51(46)44-21-9-10-23-48(44)54-49)47-33-45-42-30-27-39(32-50(42)55-52(45)43-20-8-7-19-41(43)47)38-18-11-17-37(31-38)35-15-5-2-6-16-35/h1-33H. The Kier molecular flexibility index (Phi) is 7.17. The minimum absolute atomic E-state index is 0.854. The summed E-state index contributed by atoms with van der Waals surface area (Å²) in [6.07, 6.45) is 0. The Morgan fingerprint density at radius 2 is 0.855 bits per heavy atom. The summed E-state index contributed by atoms with van der Waals surface area (Å²) in [6.45, 7) is 0. The van der Waals surface area contributed by atoms with Crippen LogP contribution in [-0.2, 0) is 0 Å². The normalized spacial score (nSPS) is 11.6. The molecule has 3 heteroatoms.